The van der Waals surface area contributed by atoms with E-state index in [4.69, 9.17) is 10.5 Å². The fourth-order valence-electron chi connectivity index (χ4n) is 1.31. The van der Waals surface area contributed by atoms with Gasteiger partial charge in [-0.15, -0.1) is 0 Å². The highest BCUT2D eigenvalue weighted by Gasteiger charge is 2.08. The van der Waals surface area contributed by atoms with Gasteiger partial charge in [0.2, 0.25) is 0 Å². The molecule has 0 atom stereocenters. The van der Waals surface area contributed by atoms with Gasteiger partial charge in [0, 0.05) is 24.5 Å². The molecule has 0 saturated heterocycles. The van der Waals surface area contributed by atoms with Crippen molar-refractivity contribution in [3.8, 4) is 11.4 Å². The lowest BCUT2D eigenvalue weighted by atomic mass is 10.2. The number of ether oxygens (including phenoxy) is 1. The summed E-state index contributed by atoms with van der Waals surface area (Å²) in [6, 6.07) is 2.99. The monoisotopic (exact) mass is 207 g/mol. The molecule has 0 spiro atoms. The highest BCUT2D eigenvalue weighted by atomic mass is 19.1. The van der Waals surface area contributed by atoms with Gasteiger partial charge >= 0.3 is 0 Å². The first-order valence-electron chi connectivity index (χ1n) is 4.33. The van der Waals surface area contributed by atoms with Gasteiger partial charge < -0.3 is 15.0 Å². The SMILES string of the molecule is COc1cc(-n2ccnc2)cc(F)c1N. The Labute approximate surface area is 86.1 Å². The minimum Gasteiger partial charge on any atom is -0.494 e. The van der Waals surface area contributed by atoms with Gasteiger partial charge in [-0.05, 0) is 0 Å². The van der Waals surface area contributed by atoms with Crippen LogP contribution in [0, 0.1) is 5.82 Å². The van der Waals surface area contributed by atoms with Crippen molar-refractivity contribution < 1.29 is 9.13 Å². The zero-order valence-corrected chi connectivity index (χ0v) is 8.14. The quantitative estimate of drug-likeness (QED) is 0.761. The smallest absolute Gasteiger partial charge is 0.151 e. The summed E-state index contributed by atoms with van der Waals surface area (Å²) in [5, 5.41) is 0. The van der Waals surface area contributed by atoms with Crippen molar-refractivity contribution in [2.75, 3.05) is 12.8 Å². The molecule has 1 aromatic heterocycles. The van der Waals surface area contributed by atoms with E-state index in [1.165, 1.54) is 13.2 Å². The lowest BCUT2D eigenvalue weighted by molar-refractivity contribution is 0.414. The van der Waals surface area contributed by atoms with Crippen LogP contribution in [0.4, 0.5) is 10.1 Å². The number of nitrogens with zero attached hydrogens (tertiary/aromatic N) is 2. The standard InChI is InChI=1S/C10H10FN3O/c1-15-9-5-7(4-8(11)10(9)12)14-3-2-13-6-14/h2-6H,12H2,1H3. The molecule has 5 heteroatoms. The zero-order valence-electron chi connectivity index (χ0n) is 8.14. The van der Waals surface area contributed by atoms with Gasteiger partial charge in [0.05, 0.1) is 19.1 Å². The summed E-state index contributed by atoms with van der Waals surface area (Å²) in [7, 11) is 1.45. The zero-order chi connectivity index (χ0) is 10.8. The minimum absolute atomic E-state index is 0.0152. The van der Waals surface area contributed by atoms with E-state index in [1.54, 1.807) is 29.4 Å². The fraction of sp³-hybridized carbons (Fsp3) is 0.100. The molecule has 0 amide bonds. The third kappa shape index (κ3) is 1.63. The second-order valence-electron chi connectivity index (χ2n) is 3.01. The molecule has 1 heterocycles. The van der Waals surface area contributed by atoms with E-state index in [0.717, 1.165) is 0 Å². The first kappa shape index (κ1) is 9.51. The topological polar surface area (TPSA) is 53.1 Å². The van der Waals surface area contributed by atoms with E-state index in [9.17, 15) is 4.39 Å². The van der Waals surface area contributed by atoms with Gasteiger partial charge in [-0.2, -0.15) is 0 Å². The number of rotatable bonds is 2. The van der Waals surface area contributed by atoms with Crippen molar-refractivity contribution >= 4 is 5.69 Å². The molecule has 2 N–H and O–H groups in total. The number of benzene rings is 1. The summed E-state index contributed by atoms with van der Waals surface area (Å²) in [5.41, 5.74) is 6.13. The maximum absolute atomic E-state index is 13.4. The third-order valence-electron chi connectivity index (χ3n) is 2.10. The van der Waals surface area contributed by atoms with Gasteiger partial charge in [0.25, 0.3) is 0 Å². The molecule has 0 saturated carbocycles. The van der Waals surface area contributed by atoms with Gasteiger partial charge in [-0.25, -0.2) is 9.37 Å². The van der Waals surface area contributed by atoms with Crippen molar-refractivity contribution in [2.24, 2.45) is 0 Å². The normalized spacial score (nSPS) is 10.3. The lowest BCUT2D eigenvalue weighted by Crippen LogP contribution is -1.99. The van der Waals surface area contributed by atoms with Crippen molar-refractivity contribution in [3.05, 3.63) is 36.7 Å². The van der Waals surface area contributed by atoms with Crippen LogP contribution in [0.2, 0.25) is 0 Å². The molecule has 0 aliphatic heterocycles. The average Bonchev–Trinajstić information content (AvgIpc) is 2.75. The van der Waals surface area contributed by atoms with Crippen molar-refractivity contribution in [1.82, 2.24) is 9.55 Å². The van der Waals surface area contributed by atoms with E-state index >= 15 is 0 Å². The predicted molar refractivity (Wildman–Crippen MR) is 54.5 cm³/mol. The molecule has 2 aromatic rings. The Morgan fingerprint density at radius 1 is 1.47 bits per heavy atom. The van der Waals surface area contributed by atoms with Crippen LogP contribution in [-0.2, 0) is 0 Å². The van der Waals surface area contributed by atoms with Crippen LogP contribution in [0.3, 0.4) is 0 Å². The van der Waals surface area contributed by atoms with Crippen molar-refractivity contribution in [1.29, 1.82) is 0 Å². The third-order valence-corrected chi connectivity index (χ3v) is 2.10. The van der Waals surface area contributed by atoms with Crippen LogP contribution in [0.5, 0.6) is 5.75 Å². The summed E-state index contributed by atoms with van der Waals surface area (Å²) < 4.78 is 20.0. The van der Waals surface area contributed by atoms with Crippen LogP contribution >= 0.6 is 0 Å². The Hall–Kier alpha value is -2.04. The molecular formula is C10H10FN3O. The van der Waals surface area contributed by atoms with Gasteiger partial charge in [0.1, 0.15) is 11.4 Å². The van der Waals surface area contributed by atoms with E-state index in [-0.39, 0.29) is 5.69 Å². The molecule has 4 nitrogen and oxygen atoms in total. The van der Waals surface area contributed by atoms with E-state index in [1.807, 2.05) is 0 Å². The number of nitrogen functional groups attached to an aromatic ring is 1. The molecule has 1 aromatic carbocycles. The summed E-state index contributed by atoms with van der Waals surface area (Å²) in [6.07, 6.45) is 4.90. The summed E-state index contributed by atoms with van der Waals surface area (Å²) in [6.45, 7) is 0. The largest absolute Gasteiger partial charge is 0.494 e. The van der Waals surface area contributed by atoms with Gasteiger partial charge in [-0.3, -0.25) is 0 Å². The Morgan fingerprint density at radius 2 is 2.27 bits per heavy atom. The van der Waals surface area contributed by atoms with Crippen molar-refractivity contribution in [2.45, 2.75) is 0 Å². The molecule has 0 bridgehead atoms. The van der Waals surface area contributed by atoms with E-state index in [2.05, 4.69) is 4.98 Å². The number of hydrogen-bond donors (Lipinski definition) is 1. The molecule has 0 fully saturated rings. The number of imidazole rings is 1. The maximum Gasteiger partial charge on any atom is 0.151 e. The molecule has 2 rings (SSSR count). The van der Waals surface area contributed by atoms with E-state index in [0.29, 0.717) is 11.4 Å². The summed E-state index contributed by atoms with van der Waals surface area (Å²) in [4.78, 5) is 3.87. The molecule has 0 unspecified atom stereocenters. The second-order valence-corrected chi connectivity index (χ2v) is 3.01. The first-order chi connectivity index (χ1) is 7.22. The van der Waals surface area contributed by atoms with Crippen LogP contribution in [0.1, 0.15) is 0 Å². The second kappa shape index (κ2) is 3.61. The van der Waals surface area contributed by atoms with Crippen LogP contribution in [0.15, 0.2) is 30.9 Å². The summed E-state index contributed by atoms with van der Waals surface area (Å²) >= 11 is 0. The van der Waals surface area contributed by atoms with E-state index < -0.39 is 5.82 Å². The molecule has 78 valence electrons. The number of methoxy groups -OCH3 is 1. The Morgan fingerprint density at radius 3 is 2.87 bits per heavy atom. The molecule has 0 aliphatic rings. The van der Waals surface area contributed by atoms with Crippen LogP contribution < -0.4 is 10.5 Å². The number of nitrogens with two attached hydrogens (primary N) is 1. The number of halogens is 1. The first-order valence-corrected chi connectivity index (χ1v) is 4.33. The minimum atomic E-state index is -0.502. The molecule has 0 aliphatic carbocycles. The van der Waals surface area contributed by atoms with Crippen LogP contribution in [0.25, 0.3) is 5.69 Å². The lowest BCUT2D eigenvalue weighted by Gasteiger charge is -2.09. The highest BCUT2D eigenvalue weighted by Crippen LogP contribution is 2.27. The number of aromatic nitrogens is 2. The molecular weight excluding hydrogens is 197 g/mol. The Kier molecular flexibility index (Phi) is 2.29. The Bertz CT molecular complexity index is 468. The number of hydrogen-bond acceptors (Lipinski definition) is 3. The average molecular weight is 207 g/mol. The van der Waals surface area contributed by atoms with Gasteiger partial charge in [-0.1, -0.05) is 0 Å². The van der Waals surface area contributed by atoms with Gasteiger partial charge in [0.15, 0.2) is 5.82 Å². The Balaban J connectivity index is 2.55. The predicted octanol–water partition coefficient (Wildman–Crippen LogP) is 1.60. The highest BCUT2D eigenvalue weighted by molar-refractivity contribution is 5.58. The molecule has 0 radical (unpaired) electrons. The maximum atomic E-state index is 13.4. The van der Waals surface area contributed by atoms with Crippen LogP contribution in [-0.4, -0.2) is 16.7 Å². The fourth-order valence-corrected chi connectivity index (χ4v) is 1.31. The number of anilines is 1. The molecule has 15 heavy (non-hydrogen) atoms. The summed E-state index contributed by atoms with van der Waals surface area (Å²) in [5.74, 6) is -0.184. The van der Waals surface area contributed by atoms with Crippen molar-refractivity contribution in [3.63, 3.8) is 0 Å².